The van der Waals surface area contributed by atoms with Crippen LogP contribution in [0.5, 0.6) is 0 Å². The summed E-state index contributed by atoms with van der Waals surface area (Å²) < 4.78 is 0. The Morgan fingerprint density at radius 1 is 0.223 bits per heavy atom. The van der Waals surface area contributed by atoms with Gasteiger partial charge < -0.3 is 51.3 Å². The molecule has 6 aromatic heterocycles. The van der Waals surface area contributed by atoms with Crippen LogP contribution in [0.25, 0.3) is 179 Å². The number of aromatic nitrogens is 16. The van der Waals surface area contributed by atoms with Crippen LogP contribution < -0.4 is 0 Å². The zero-order valence-electron chi connectivity index (χ0n) is 48.0. The number of carboxylic acids is 4. The van der Waals surface area contributed by atoms with E-state index in [9.17, 15) is 39.6 Å². The molecule has 16 bridgehead atoms. The first-order chi connectivity index (χ1) is 44.8. The standard InChI is InChI=1S/2C34H18N8O4.2H2O/c2*43-33(44)23-13-21-22(14-24(23)34(45)46)32-41-30-20-12-6-4-10-18(20)28(39-30)37-26-16-8-2-1-7-15(16)25(35-26)36-27-17-9-3-5-11-19(17)29(38-27)40-31(21)42-32;;/h2*1-14H,(H,43,44)(H,45,46)(H2,35,36,37,38,39,40,41,42);2*1H2. The third-order valence-corrected chi connectivity index (χ3v) is 16.3. The second-order valence-electron chi connectivity index (χ2n) is 21.6. The SMILES string of the molecule is O.O.O=C(O)c1cc2c3nc4nc(nc5[nH]c(nc6nc(nc([nH]3)c2cc1C(=O)O)-c1ccccc1-6)c1ccccc51)-c1ccccc1-4.O=C(O)c1cc2c3nc4nc(nc5[nH]c(nc6nc(nc([nH]3)c2cc1C(=O)O)-c1ccccc1-6)c1ccccc51)-c1ccccc1-4. The summed E-state index contributed by atoms with van der Waals surface area (Å²) in [5.74, 6) is -2.43. The van der Waals surface area contributed by atoms with Crippen LogP contribution in [0.1, 0.15) is 41.4 Å². The molecule has 4 aliphatic rings. The van der Waals surface area contributed by atoms with Crippen molar-refractivity contribution in [1.82, 2.24) is 79.7 Å². The van der Waals surface area contributed by atoms with Gasteiger partial charge in [0.25, 0.3) is 0 Å². The number of hydrogen-bond donors (Lipinski definition) is 8. The highest BCUT2D eigenvalue weighted by Gasteiger charge is 2.27. The van der Waals surface area contributed by atoms with Crippen molar-refractivity contribution in [3.63, 3.8) is 0 Å². The molecule has 0 spiro atoms. The second kappa shape index (κ2) is 21.5. The number of hydrogen-bond acceptors (Lipinski definition) is 16. The lowest BCUT2D eigenvalue weighted by molar-refractivity contribution is 0.0652. The Kier molecular flexibility index (Phi) is 13.0. The van der Waals surface area contributed by atoms with Crippen LogP contribution in [0.2, 0.25) is 0 Å². The quantitative estimate of drug-likeness (QED) is 0.0811. The Balaban J connectivity index is 0.000000152. The molecule has 0 aliphatic carbocycles. The fourth-order valence-corrected chi connectivity index (χ4v) is 12.1. The summed E-state index contributed by atoms with van der Waals surface area (Å²) in [7, 11) is 0. The summed E-state index contributed by atoms with van der Waals surface area (Å²) in [4.78, 5) is 120. The molecule has 10 heterocycles. The third kappa shape index (κ3) is 8.97. The van der Waals surface area contributed by atoms with Crippen molar-refractivity contribution in [2.75, 3.05) is 0 Å². The van der Waals surface area contributed by atoms with Gasteiger partial charge in [-0.1, -0.05) is 146 Å². The molecule has 0 saturated heterocycles. The molecule has 452 valence electrons. The Bertz CT molecular complexity index is 5370. The molecule has 0 atom stereocenters. The maximum Gasteiger partial charge on any atom is 0.336 e. The molecule has 0 fully saturated rings. The van der Waals surface area contributed by atoms with E-state index in [1.807, 2.05) is 146 Å². The molecule has 18 rings (SSSR count). The van der Waals surface area contributed by atoms with E-state index in [1.165, 1.54) is 24.3 Å². The van der Waals surface area contributed by atoms with Crippen LogP contribution in [-0.2, 0) is 0 Å². The third-order valence-electron chi connectivity index (χ3n) is 16.3. The Morgan fingerprint density at radius 3 is 0.532 bits per heavy atom. The molecule has 12 N–H and O–H groups in total. The second-order valence-corrected chi connectivity index (χ2v) is 21.6. The highest BCUT2D eigenvalue weighted by molar-refractivity contribution is 6.15. The zero-order valence-corrected chi connectivity index (χ0v) is 48.0. The van der Waals surface area contributed by atoms with Gasteiger partial charge in [-0.3, -0.25) is 0 Å². The fraction of sp³-hybridized carbons (Fsp3) is 0. The van der Waals surface area contributed by atoms with E-state index in [0.29, 0.717) is 90.7 Å². The Morgan fingerprint density at radius 2 is 0.372 bits per heavy atom. The number of aromatic amines is 4. The minimum absolute atomic E-state index is 0. The van der Waals surface area contributed by atoms with E-state index < -0.39 is 23.9 Å². The fourth-order valence-electron chi connectivity index (χ4n) is 12.1. The van der Waals surface area contributed by atoms with Crippen LogP contribution in [0.15, 0.2) is 170 Å². The summed E-state index contributed by atoms with van der Waals surface area (Å²) in [5.41, 5.74) is 7.70. The van der Waals surface area contributed by atoms with E-state index in [1.54, 1.807) is 0 Å². The van der Waals surface area contributed by atoms with Crippen molar-refractivity contribution >= 4 is 112 Å². The topological polar surface area (TPSA) is 430 Å². The van der Waals surface area contributed by atoms with Crippen LogP contribution >= 0.6 is 0 Å². The van der Waals surface area contributed by atoms with Crippen molar-refractivity contribution in [3.05, 3.63) is 192 Å². The molecule has 26 heteroatoms. The number of rotatable bonds is 4. The average molecular weight is 1240 g/mol. The number of carboxylic acid groups (broad SMARTS) is 4. The molecule has 26 nitrogen and oxygen atoms in total. The highest BCUT2D eigenvalue weighted by atomic mass is 16.4. The van der Waals surface area contributed by atoms with Gasteiger partial charge in [-0.05, 0) is 24.3 Å². The lowest BCUT2D eigenvalue weighted by Gasteiger charge is -2.02. The van der Waals surface area contributed by atoms with Gasteiger partial charge in [-0.25, -0.2) is 79.0 Å². The minimum atomic E-state index is -1.38. The van der Waals surface area contributed by atoms with E-state index in [2.05, 4.69) is 19.9 Å². The van der Waals surface area contributed by atoms with Gasteiger partial charge in [0.2, 0.25) is 0 Å². The molecule has 8 aromatic carbocycles. The van der Waals surface area contributed by atoms with Crippen LogP contribution in [0.3, 0.4) is 0 Å². The summed E-state index contributed by atoms with van der Waals surface area (Å²) in [5, 5.41) is 44.4. The lowest BCUT2D eigenvalue weighted by Crippen LogP contribution is -2.07. The van der Waals surface area contributed by atoms with E-state index >= 15 is 0 Å². The number of aromatic carboxylic acids is 4. The van der Waals surface area contributed by atoms with Gasteiger partial charge in [-0.2, -0.15) is 0 Å². The number of carbonyl (C=O) groups is 4. The molecule has 14 aromatic rings. The van der Waals surface area contributed by atoms with E-state index in [0.717, 1.165) is 66.1 Å². The maximum atomic E-state index is 12.1. The van der Waals surface area contributed by atoms with Crippen LogP contribution in [0.4, 0.5) is 0 Å². The number of fused-ring (bicyclic) bond motifs is 40. The predicted octanol–water partition coefficient (Wildman–Crippen LogP) is 10.9. The number of H-pyrrole nitrogens is 4. The van der Waals surface area contributed by atoms with Crippen molar-refractivity contribution in [2.45, 2.75) is 0 Å². The monoisotopic (exact) mass is 1240 g/mol. The summed E-state index contributed by atoms with van der Waals surface area (Å²) in [6.07, 6.45) is 0. The maximum absolute atomic E-state index is 12.1. The molecule has 0 saturated carbocycles. The molecular formula is C68H40N16O10. The number of nitrogens with zero attached hydrogens (tertiary/aromatic N) is 12. The number of nitrogens with one attached hydrogen (secondary N) is 4. The first-order valence-corrected chi connectivity index (χ1v) is 28.4. The van der Waals surface area contributed by atoms with Gasteiger partial charge in [-0.15, -0.1) is 0 Å². The van der Waals surface area contributed by atoms with Gasteiger partial charge in [0.1, 0.15) is 45.2 Å². The Labute approximate surface area is 523 Å². The molecular weight excluding hydrogens is 1200 g/mol. The van der Waals surface area contributed by atoms with Crippen molar-refractivity contribution in [3.8, 4) is 91.1 Å². The highest BCUT2D eigenvalue weighted by Crippen LogP contribution is 2.40. The molecule has 0 amide bonds. The first-order valence-electron chi connectivity index (χ1n) is 28.4. The van der Waals surface area contributed by atoms with Crippen LogP contribution in [-0.4, -0.2) is 135 Å². The summed E-state index contributed by atoms with van der Waals surface area (Å²) in [6.45, 7) is 0. The summed E-state index contributed by atoms with van der Waals surface area (Å²) >= 11 is 0. The van der Waals surface area contributed by atoms with Gasteiger partial charge >= 0.3 is 23.9 Å². The molecule has 4 aliphatic heterocycles. The average Bonchev–Trinajstić information content (AvgIpc) is 1.59. The van der Waals surface area contributed by atoms with E-state index in [4.69, 9.17) is 59.8 Å². The molecule has 0 unspecified atom stereocenters. The van der Waals surface area contributed by atoms with Crippen LogP contribution in [0, 0.1) is 0 Å². The predicted molar refractivity (Wildman–Crippen MR) is 347 cm³/mol. The van der Waals surface area contributed by atoms with Gasteiger partial charge in [0.15, 0.2) is 46.6 Å². The molecule has 0 radical (unpaired) electrons. The Hall–Kier alpha value is -13.7. The summed E-state index contributed by atoms with van der Waals surface area (Å²) in [6, 6.07) is 50.9. The van der Waals surface area contributed by atoms with Crippen molar-refractivity contribution in [2.24, 2.45) is 0 Å². The normalized spacial score (nSPS) is 11.6. The van der Waals surface area contributed by atoms with Crippen molar-refractivity contribution < 1.29 is 50.6 Å². The largest absolute Gasteiger partial charge is 0.478 e. The zero-order chi connectivity index (χ0) is 62.2. The van der Waals surface area contributed by atoms with E-state index in [-0.39, 0.29) is 55.8 Å². The first kappa shape index (κ1) is 56.8. The number of benzene rings is 8. The smallest absolute Gasteiger partial charge is 0.336 e. The van der Waals surface area contributed by atoms with Crippen molar-refractivity contribution in [1.29, 1.82) is 0 Å². The molecule has 94 heavy (non-hydrogen) atoms. The van der Waals surface area contributed by atoms with Gasteiger partial charge in [0.05, 0.1) is 22.3 Å². The lowest BCUT2D eigenvalue weighted by atomic mass is 10.0. The minimum Gasteiger partial charge on any atom is -0.478 e. The van der Waals surface area contributed by atoms with Gasteiger partial charge in [0, 0.05) is 87.6 Å².